The molecule has 1 saturated heterocycles. The standard InChI is InChI=1S/C18H25N3O/c1-14-5-7-15(8-6-14)12-21-10-3-4-16(13-21)17(22)18-19-9-11-20(18)2/h5-9,11,16-17,22H,3-4,10,12-13H2,1-2H3. The third kappa shape index (κ3) is 3.39. The van der Waals surface area contributed by atoms with Gasteiger partial charge in [-0.2, -0.15) is 0 Å². The molecule has 3 rings (SSSR count). The van der Waals surface area contributed by atoms with Gasteiger partial charge >= 0.3 is 0 Å². The van der Waals surface area contributed by atoms with Gasteiger partial charge in [0.2, 0.25) is 0 Å². The Bertz CT molecular complexity index is 605. The molecule has 22 heavy (non-hydrogen) atoms. The maximum absolute atomic E-state index is 10.6. The molecule has 1 fully saturated rings. The van der Waals surface area contributed by atoms with E-state index in [1.54, 1.807) is 6.20 Å². The topological polar surface area (TPSA) is 41.3 Å². The lowest BCUT2D eigenvalue weighted by Gasteiger charge is -2.35. The van der Waals surface area contributed by atoms with Crippen LogP contribution in [0.4, 0.5) is 0 Å². The van der Waals surface area contributed by atoms with Crippen LogP contribution in [-0.2, 0) is 13.6 Å². The Morgan fingerprint density at radius 2 is 2.09 bits per heavy atom. The van der Waals surface area contributed by atoms with Gasteiger partial charge in [0.1, 0.15) is 11.9 Å². The van der Waals surface area contributed by atoms with E-state index in [0.29, 0.717) is 0 Å². The number of aliphatic hydroxyl groups is 1. The highest BCUT2D eigenvalue weighted by Crippen LogP contribution is 2.29. The molecule has 1 aromatic heterocycles. The van der Waals surface area contributed by atoms with Crippen molar-refractivity contribution in [3.8, 4) is 0 Å². The van der Waals surface area contributed by atoms with Crippen LogP contribution in [0.15, 0.2) is 36.7 Å². The van der Waals surface area contributed by atoms with Gasteiger partial charge in [0.05, 0.1) is 0 Å². The largest absolute Gasteiger partial charge is 0.385 e. The van der Waals surface area contributed by atoms with E-state index in [1.807, 2.05) is 17.8 Å². The summed E-state index contributed by atoms with van der Waals surface area (Å²) in [5, 5.41) is 10.6. The Morgan fingerprint density at radius 3 is 2.77 bits per heavy atom. The maximum atomic E-state index is 10.6. The fourth-order valence-corrected chi connectivity index (χ4v) is 3.32. The van der Waals surface area contributed by atoms with Gasteiger partial charge in [-0.05, 0) is 31.9 Å². The second-order valence-corrected chi connectivity index (χ2v) is 6.46. The van der Waals surface area contributed by atoms with Gasteiger partial charge in [-0.3, -0.25) is 4.90 Å². The predicted octanol–water partition coefficient (Wildman–Crippen LogP) is 2.67. The van der Waals surface area contributed by atoms with E-state index in [-0.39, 0.29) is 5.92 Å². The first kappa shape index (κ1) is 15.3. The molecule has 1 aromatic carbocycles. The fourth-order valence-electron chi connectivity index (χ4n) is 3.32. The molecule has 118 valence electrons. The minimum absolute atomic E-state index is 0.264. The number of aliphatic hydroxyl groups excluding tert-OH is 1. The van der Waals surface area contributed by atoms with Crippen LogP contribution in [0.5, 0.6) is 0 Å². The lowest BCUT2D eigenvalue weighted by molar-refractivity contribution is 0.0405. The summed E-state index contributed by atoms with van der Waals surface area (Å²) in [6, 6.07) is 8.74. The van der Waals surface area contributed by atoms with E-state index in [4.69, 9.17) is 0 Å². The Balaban J connectivity index is 1.64. The first-order chi connectivity index (χ1) is 10.6. The second-order valence-electron chi connectivity index (χ2n) is 6.46. The van der Waals surface area contributed by atoms with Crippen LogP contribution in [0.2, 0.25) is 0 Å². The second kappa shape index (κ2) is 6.63. The molecule has 2 heterocycles. The number of nitrogens with zero attached hydrogens (tertiary/aromatic N) is 3. The number of piperidine rings is 1. The molecule has 0 saturated carbocycles. The number of aryl methyl sites for hydroxylation is 2. The van der Waals surface area contributed by atoms with Crippen molar-refractivity contribution in [2.75, 3.05) is 13.1 Å². The number of hydrogen-bond donors (Lipinski definition) is 1. The molecule has 0 amide bonds. The van der Waals surface area contributed by atoms with Crippen LogP contribution in [-0.4, -0.2) is 32.6 Å². The Labute approximate surface area is 132 Å². The summed E-state index contributed by atoms with van der Waals surface area (Å²) < 4.78 is 1.92. The van der Waals surface area contributed by atoms with E-state index >= 15 is 0 Å². The summed E-state index contributed by atoms with van der Waals surface area (Å²) in [5.41, 5.74) is 2.64. The molecule has 0 radical (unpaired) electrons. The van der Waals surface area contributed by atoms with Crippen molar-refractivity contribution in [1.29, 1.82) is 0 Å². The highest BCUT2D eigenvalue weighted by atomic mass is 16.3. The zero-order valence-corrected chi connectivity index (χ0v) is 13.4. The average molecular weight is 299 g/mol. The van der Waals surface area contributed by atoms with Crippen LogP contribution < -0.4 is 0 Å². The summed E-state index contributed by atoms with van der Waals surface area (Å²) in [6.07, 6.45) is 5.38. The first-order valence-electron chi connectivity index (χ1n) is 8.06. The number of hydrogen-bond acceptors (Lipinski definition) is 3. The van der Waals surface area contributed by atoms with Crippen LogP contribution in [0, 0.1) is 12.8 Å². The number of likely N-dealkylation sites (tertiary alicyclic amines) is 1. The van der Waals surface area contributed by atoms with Gasteiger partial charge in [0, 0.05) is 38.4 Å². The molecule has 0 bridgehead atoms. The van der Waals surface area contributed by atoms with E-state index in [1.165, 1.54) is 11.1 Å². The van der Waals surface area contributed by atoms with Gasteiger partial charge in [-0.15, -0.1) is 0 Å². The van der Waals surface area contributed by atoms with Gasteiger partial charge in [0.25, 0.3) is 0 Å². The highest BCUT2D eigenvalue weighted by Gasteiger charge is 2.29. The van der Waals surface area contributed by atoms with Crippen molar-refractivity contribution >= 4 is 0 Å². The normalized spacial score (nSPS) is 21.0. The zero-order chi connectivity index (χ0) is 15.5. The molecular formula is C18H25N3O. The molecular weight excluding hydrogens is 274 g/mol. The first-order valence-corrected chi connectivity index (χ1v) is 8.06. The summed E-state index contributed by atoms with van der Waals surface area (Å²) in [7, 11) is 1.94. The Morgan fingerprint density at radius 1 is 1.32 bits per heavy atom. The maximum Gasteiger partial charge on any atom is 0.137 e. The predicted molar refractivity (Wildman–Crippen MR) is 87.3 cm³/mol. The number of benzene rings is 1. The molecule has 4 nitrogen and oxygen atoms in total. The molecule has 4 heteroatoms. The molecule has 2 unspecified atom stereocenters. The van der Waals surface area contributed by atoms with Crippen molar-refractivity contribution in [2.45, 2.75) is 32.4 Å². The van der Waals surface area contributed by atoms with Gasteiger partial charge < -0.3 is 9.67 Å². The Kier molecular flexibility index (Phi) is 4.60. The molecule has 2 aromatic rings. The number of rotatable bonds is 4. The lowest BCUT2D eigenvalue weighted by atomic mass is 9.91. The van der Waals surface area contributed by atoms with Gasteiger partial charge in [0.15, 0.2) is 0 Å². The number of imidazole rings is 1. The van der Waals surface area contributed by atoms with Crippen molar-refractivity contribution in [2.24, 2.45) is 13.0 Å². The third-order valence-corrected chi connectivity index (χ3v) is 4.64. The van der Waals surface area contributed by atoms with E-state index in [0.717, 1.165) is 38.3 Å². The van der Waals surface area contributed by atoms with Crippen LogP contribution >= 0.6 is 0 Å². The molecule has 0 spiro atoms. The molecule has 1 aliphatic heterocycles. The molecule has 2 atom stereocenters. The summed E-state index contributed by atoms with van der Waals surface area (Å²) in [4.78, 5) is 6.75. The summed E-state index contributed by atoms with van der Waals surface area (Å²) in [6.45, 7) is 5.12. The molecule has 0 aliphatic carbocycles. The van der Waals surface area contributed by atoms with Crippen LogP contribution in [0.3, 0.4) is 0 Å². The van der Waals surface area contributed by atoms with Crippen LogP contribution in [0.1, 0.15) is 35.9 Å². The van der Waals surface area contributed by atoms with Crippen molar-refractivity contribution < 1.29 is 5.11 Å². The summed E-state index contributed by atoms with van der Waals surface area (Å²) in [5.74, 6) is 1.04. The van der Waals surface area contributed by atoms with Crippen LogP contribution in [0.25, 0.3) is 0 Å². The van der Waals surface area contributed by atoms with E-state index < -0.39 is 6.10 Å². The minimum Gasteiger partial charge on any atom is -0.385 e. The third-order valence-electron chi connectivity index (χ3n) is 4.64. The molecule has 1 aliphatic rings. The minimum atomic E-state index is -0.471. The van der Waals surface area contributed by atoms with Crippen molar-refractivity contribution in [3.05, 3.63) is 53.6 Å². The number of aromatic nitrogens is 2. The quantitative estimate of drug-likeness (QED) is 0.943. The lowest BCUT2D eigenvalue weighted by Crippen LogP contribution is -2.37. The highest BCUT2D eigenvalue weighted by molar-refractivity contribution is 5.21. The SMILES string of the molecule is Cc1ccc(CN2CCCC(C(O)c3nccn3C)C2)cc1. The van der Waals surface area contributed by atoms with Gasteiger partial charge in [-0.25, -0.2) is 4.98 Å². The smallest absolute Gasteiger partial charge is 0.137 e. The monoisotopic (exact) mass is 299 g/mol. The molecule has 1 N–H and O–H groups in total. The van der Waals surface area contributed by atoms with Crippen molar-refractivity contribution in [3.63, 3.8) is 0 Å². The zero-order valence-electron chi connectivity index (χ0n) is 13.4. The fraction of sp³-hybridized carbons (Fsp3) is 0.500. The summed E-state index contributed by atoms with van der Waals surface area (Å²) >= 11 is 0. The average Bonchev–Trinajstić information content (AvgIpc) is 2.95. The van der Waals surface area contributed by atoms with Gasteiger partial charge in [-0.1, -0.05) is 29.8 Å². The van der Waals surface area contributed by atoms with E-state index in [9.17, 15) is 5.11 Å². The van der Waals surface area contributed by atoms with Crippen molar-refractivity contribution in [1.82, 2.24) is 14.5 Å². The Hall–Kier alpha value is -1.65. The van der Waals surface area contributed by atoms with E-state index in [2.05, 4.69) is 41.1 Å².